The fourth-order valence-corrected chi connectivity index (χ4v) is 4.48. The second-order valence-corrected chi connectivity index (χ2v) is 8.98. The molecule has 3 aromatic rings. The zero-order valence-electron chi connectivity index (χ0n) is 19.8. The maximum atomic E-state index is 13.0. The summed E-state index contributed by atoms with van der Waals surface area (Å²) in [5, 5.41) is 13.2. The lowest BCUT2D eigenvalue weighted by Gasteiger charge is -2.32. The number of benzene rings is 2. The molecule has 7 nitrogen and oxygen atoms in total. The highest BCUT2D eigenvalue weighted by Gasteiger charge is 2.32. The van der Waals surface area contributed by atoms with Crippen LogP contribution in [-0.2, 0) is 11.3 Å². The number of aromatic nitrogens is 2. The van der Waals surface area contributed by atoms with Crippen LogP contribution in [0.4, 0.5) is 18.9 Å². The molecule has 1 unspecified atom stereocenters. The molecule has 1 aliphatic rings. The van der Waals surface area contributed by atoms with Gasteiger partial charge in [0.2, 0.25) is 5.91 Å². The predicted octanol–water partition coefficient (Wildman–Crippen LogP) is 6.84. The van der Waals surface area contributed by atoms with Crippen molar-refractivity contribution in [3.8, 4) is 16.9 Å². The van der Waals surface area contributed by atoms with Gasteiger partial charge in [0.1, 0.15) is 18.5 Å². The van der Waals surface area contributed by atoms with Crippen molar-refractivity contribution in [1.29, 1.82) is 0 Å². The second-order valence-electron chi connectivity index (χ2n) is 8.57. The smallest absolute Gasteiger partial charge is 0.405 e. The molecule has 190 valence electrons. The molecule has 0 aliphatic carbocycles. The fraction of sp³-hybridized carbons (Fsp3) is 0.360. The summed E-state index contributed by atoms with van der Waals surface area (Å²) in [4.78, 5) is 14.7. The highest BCUT2D eigenvalue weighted by molar-refractivity contribution is 6.33. The van der Waals surface area contributed by atoms with Crippen LogP contribution in [0, 0.1) is 13.8 Å². The summed E-state index contributed by atoms with van der Waals surface area (Å²) < 4.78 is 44.2. The first-order valence-electron chi connectivity index (χ1n) is 11.5. The number of amides is 1. The number of para-hydroxylation sites is 1. The number of ether oxygens (including phenoxy) is 1. The van der Waals surface area contributed by atoms with Crippen LogP contribution in [0.15, 0.2) is 58.8 Å². The van der Waals surface area contributed by atoms with Crippen molar-refractivity contribution in [2.45, 2.75) is 52.2 Å². The molecule has 1 atom stereocenters. The molecule has 1 saturated heterocycles. The summed E-state index contributed by atoms with van der Waals surface area (Å²) in [6.45, 7) is 4.50. The minimum Gasteiger partial charge on any atom is -0.405 e. The largest absolute Gasteiger partial charge is 0.573 e. The average Bonchev–Trinajstić information content (AvgIpc) is 3.13. The molecule has 4 rings (SSSR count). The number of rotatable bonds is 6. The van der Waals surface area contributed by atoms with Crippen molar-refractivity contribution >= 4 is 23.2 Å². The Morgan fingerprint density at radius 2 is 1.92 bits per heavy atom. The molecular formula is C25H25ClF3N5O2. The summed E-state index contributed by atoms with van der Waals surface area (Å²) in [6.07, 6.45) is -2.75. The number of piperidine rings is 1. The second kappa shape index (κ2) is 10.7. The molecule has 11 heteroatoms. The molecule has 1 aliphatic heterocycles. The summed E-state index contributed by atoms with van der Waals surface area (Å²) >= 11 is 6.40. The fourth-order valence-electron chi connectivity index (χ4n) is 4.20. The van der Waals surface area contributed by atoms with E-state index in [1.807, 2.05) is 19.9 Å². The molecular weight excluding hydrogens is 495 g/mol. The first-order chi connectivity index (χ1) is 17.1. The van der Waals surface area contributed by atoms with E-state index >= 15 is 0 Å². The lowest BCUT2D eigenvalue weighted by atomic mass is 10.0. The quantitative estimate of drug-likeness (QED) is 0.335. The van der Waals surface area contributed by atoms with Crippen LogP contribution < -0.4 is 4.74 Å². The van der Waals surface area contributed by atoms with E-state index in [-0.39, 0.29) is 28.8 Å². The van der Waals surface area contributed by atoms with Gasteiger partial charge in [0.05, 0.1) is 16.4 Å². The number of aryl methyl sites for hydroxylation is 2. The maximum absolute atomic E-state index is 13.0. The Morgan fingerprint density at radius 1 is 1.14 bits per heavy atom. The van der Waals surface area contributed by atoms with Crippen LogP contribution in [-0.4, -0.2) is 39.7 Å². The van der Waals surface area contributed by atoms with Gasteiger partial charge in [0, 0.05) is 23.4 Å². The summed E-state index contributed by atoms with van der Waals surface area (Å²) in [5.74, 6) is -0.431. The van der Waals surface area contributed by atoms with Gasteiger partial charge in [-0.1, -0.05) is 35.9 Å². The van der Waals surface area contributed by atoms with Gasteiger partial charge in [-0.15, -0.1) is 13.2 Å². The SMILES string of the molecule is Cc1cc(C)n(CC(=O)N2CCCCC2N=Nc2ccc(-c3ccccc3OC(F)(F)F)c(Cl)c2)n1. The van der Waals surface area contributed by atoms with Crippen molar-refractivity contribution < 1.29 is 22.7 Å². The van der Waals surface area contributed by atoms with E-state index < -0.39 is 12.5 Å². The van der Waals surface area contributed by atoms with Gasteiger partial charge < -0.3 is 9.64 Å². The molecule has 2 heterocycles. The number of alkyl halides is 3. The standard InChI is InChI=1S/C25H25ClF3N5O2/c1-16-13-17(2)34(32-16)15-24(35)33-12-6-5-9-23(33)31-30-18-10-11-19(21(26)14-18)20-7-3-4-8-22(20)36-25(27,28)29/h3-4,7-8,10-11,13-14,23H,5-6,9,12,15H2,1-2H3. The molecule has 1 amide bonds. The highest BCUT2D eigenvalue weighted by Crippen LogP contribution is 2.38. The molecule has 0 radical (unpaired) electrons. The third-order valence-electron chi connectivity index (χ3n) is 5.84. The molecule has 1 aromatic heterocycles. The molecule has 0 N–H and O–H groups in total. The first kappa shape index (κ1) is 25.7. The molecule has 1 fully saturated rings. The van der Waals surface area contributed by atoms with Crippen LogP contribution in [0.5, 0.6) is 5.75 Å². The number of azo groups is 1. The summed E-state index contributed by atoms with van der Waals surface area (Å²) in [6, 6.07) is 12.4. The van der Waals surface area contributed by atoms with Crippen LogP contribution in [0.3, 0.4) is 0 Å². The van der Waals surface area contributed by atoms with Crippen molar-refractivity contribution in [3.63, 3.8) is 0 Å². The zero-order chi connectivity index (χ0) is 25.9. The van der Waals surface area contributed by atoms with Crippen molar-refractivity contribution in [3.05, 3.63) is 64.9 Å². The van der Waals surface area contributed by atoms with Crippen molar-refractivity contribution in [2.24, 2.45) is 10.2 Å². The lowest BCUT2D eigenvalue weighted by Crippen LogP contribution is -2.44. The number of nitrogens with zero attached hydrogens (tertiary/aromatic N) is 5. The Morgan fingerprint density at radius 3 is 2.61 bits per heavy atom. The predicted molar refractivity (Wildman–Crippen MR) is 129 cm³/mol. The minimum atomic E-state index is -4.82. The molecule has 36 heavy (non-hydrogen) atoms. The van der Waals surface area contributed by atoms with Gasteiger partial charge in [0.15, 0.2) is 0 Å². The van der Waals surface area contributed by atoms with Crippen LogP contribution in [0.1, 0.15) is 30.7 Å². The van der Waals surface area contributed by atoms with Crippen LogP contribution >= 0.6 is 11.6 Å². The van der Waals surface area contributed by atoms with Crippen molar-refractivity contribution in [2.75, 3.05) is 6.54 Å². The summed E-state index contributed by atoms with van der Waals surface area (Å²) in [7, 11) is 0. The van der Waals surface area contributed by atoms with Crippen LogP contribution in [0.2, 0.25) is 5.02 Å². The summed E-state index contributed by atoms with van der Waals surface area (Å²) in [5.41, 5.74) is 2.76. The number of carbonyl (C=O) groups excluding carboxylic acids is 1. The van der Waals surface area contributed by atoms with E-state index in [0.717, 1.165) is 24.2 Å². The first-order valence-corrected chi connectivity index (χ1v) is 11.8. The van der Waals surface area contributed by atoms with Crippen molar-refractivity contribution in [1.82, 2.24) is 14.7 Å². The Hall–Kier alpha value is -3.40. The van der Waals surface area contributed by atoms with Gasteiger partial charge in [0.25, 0.3) is 0 Å². The molecule has 0 bridgehead atoms. The van der Waals surface area contributed by atoms with Gasteiger partial charge in [-0.2, -0.15) is 15.3 Å². The maximum Gasteiger partial charge on any atom is 0.573 e. The highest BCUT2D eigenvalue weighted by atomic mass is 35.5. The van der Waals surface area contributed by atoms with E-state index in [9.17, 15) is 18.0 Å². The normalized spacial score (nSPS) is 16.5. The van der Waals surface area contributed by atoms with E-state index in [1.165, 1.54) is 24.3 Å². The van der Waals surface area contributed by atoms with Gasteiger partial charge >= 0.3 is 6.36 Å². The molecule has 0 spiro atoms. The minimum absolute atomic E-state index is 0.0838. The van der Waals surface area contributed by atoms with Gasteiger partial charge in [-0.25, -0.2) is 0 Å². The lowest BCUT2D eigenvalue weighted by molar-refractivity contribution is -0.274. The van der Waals surface area contributed by atoms with Gasteiger partial charge in [-0.3, -0.25) is 9.48 Å². The van der Waals surface area contributed by atoms with E-state index in [4.69, 9.17) is 11.6 Å². The van der Waals surface area contributed by atoms with Crippen LogP contribution in [0.25, 0.3) is 11.1 Å². The number of carbonyl (C=O) groups is 1. The number of hydrogen-bond donors (Lipinski definition) is 0. The third-order valence-corrected chi connectivity index (χ3v) is 6.15. The Balaban J connectivity index is 1.51. The van der Waals surface area contributed by atoms with E-state index in [0.29, 0.717) is 24.2 Å². The topological polar surface area (TPSA) is 72.1 Å². The Kier molecular flexibility index (Phi) is 7.63. The number of likely N-dealkylation sites (tertiary alicyclic amines) is 1. The Bertz CT molecular complexity index is 1270. The molecule has 2 aromatic carbocycles. The monoisotopic (exact) mass is 519 g/mol. The Labute approximate surface area is 211 Å². The van der Waals surface area contributed by atoms with E-state index in [2.05, 4.69) is 20.1 Å². The number of hydrogen-bond acceptors (Lipinski definition) is 5. The third kappa shape index (κ3) is 6.23. The number of halogens is 4. The zero-order valence-corrected chi connectivity index (χ0v) is 20.6. The van der Waals surface area contributed by atoms with E-state index in [1.54, 1.807) is 27.8 Å². The van der Waals surface area contributed by atoms with Gasteiger partial charge in [-0.05, 0) is 57.4 Å². The average molecular weight is 520 g/mol. The molecule has 0 saturated carbocycles.